The highest BCUT2D eigenvalue weighted by Crippen LogP contribution is 1.95. The van der Waals surface area contributed by atoms with Gasteiger partial charge in [-0.1, -0.05) is 0 Å². The molecule has 0 heterocycles. The molecule has 0 bridgehead atoms. The van der Waals surface area contributed by atoms with Crippen LogP contribution >= 0.6 is 0 Å². The van der Waals surface area contributed by atoms with Gasteiger partial charge in [0.05, 0.1) is 6.04 Å². The summed E-state index contributed by atoms with van der Waals surface area (Å²) in [5, 5.41) is 15.2. The third kappa shape index (κ3) is 8.68. The van der Waals surface area contributed by atoms with Gasteiger partial charge in [0.2, 0.25) is 23.6 Å². The topological polar surface area (TPSA) is 194 Å². The molecule has 0 aromatic heterocycles. The van der Waals surface area contributed by atoms with Gasteiger partial charge in [-0.25, -0.2) is 0 Å². The lowest BCUT2D eigenvalue weighted by molar-refractivity contribution is -0.138. The minimum absolute atomic E-state index is 0.0451. The smallest absolute Gasteiger partial charge is 0.322 e. The van der Waals surface area contributed by atoms with Crippen molar-refractivity contribution in [3.05, 3.63) is 0 Å². The first-order valence-electron chi connectivity index (χ1n) is 7.18. The van der Waals surface area contributed by atoms with E-state index in [4.69, 9.17) is 16.6 Å². The highest BCUT2D eigenvalue weighted by Gasteiger charge is 2.23. The van der Waals surface area contributed by atoms with E-state index in [-0.39, 0.29) is 12.8 Å². The summed E-state index contributed by atoms with van der Waals surface area (Å²) in [5.41, 5.74) is 10.5. The van der Waals surface area contributed by atoms with Crippen molar-refractivity contribution in [1.82, 2.24) is 16.0 Å². The molecule has 4 amide bonds. The van der Waals surface area contributed by atoms with Crippen molar-refractivity contribution < 1.29 is 29.1 Å². The van der Waals surface area contributed by atoms with Crippen molar-refractivity contribution in [3.8, 4) is 0 Å². The lowest BCUT2D eigenvalue weighted by atomic mass is 10.1. The molecule has 24 heavy (non-hydrogen) atoms. The van der Waals surface area contributed by atoms with E-state index >= 15 is 0 Å². The summed E-state index contributed by atoms with van der Waals surface area (Å²) >= 11 is 0. The Morgan fingerprint density at radius 2 is 1.46 bits per heavy atom. The second-order valence-electron chi connectivity index (χ2n) is 5.18. The molecule has 0 saturated carbocycles. The van der Waals surface area contributed by atoms with Crippen LogP contribution in [0.3, 0.4) is 0 Å². The van der Waals surface area contributed by atoms with Gasteiger partial charge in [0.15, 0.2) is 0 Å². The summed E-state index contributed by atoms with van der Waals surface area (Å²) in [7, 11) is 0. The van der Waals surface area contributed by atoms with Crippen molar-refractivity contribution >= 4 is 29.6 Å². The third-order valence-electron chi connectivity index (χ3n) is 2.96. The van der Waals surface area contributed by atoms with Crippen molar-refractivity contribution in [2.24, 2.45) is 11.5 Å². The zero-order valence-electron chi connectivity index (χ0n) is 13.5. The van der Waals surface area contributed by atoms with E-state index in [0.717, 1.165) is 0 Å². The lowest BCUT2D eigenvalue weighted by Crippen LogP contribution is -2.54. The molecule has 0 aliphatic heterocycles. The number of primary amides is 1. The molecule has 3 atom stereocenters. The van der Waals surface area contributed by atoms with Crippen molar-refractivity contribution in [2.45, 2.75) is 44.8 Å². The Balaban J connectivity index is 4.35. The fraction of sp³-hybridized carbons (Fsp3) is 0.615. The quantitative estimate of drug-likeness (QED) is 0.240. The van der Waals surface area contributed by atoms with Crippen LogP contribution in [0.4, 0.5) is 0 Å². The normalized spacial score (nSPS) is 14.0. The standard InChI is InChI=1S/C13H23N5O6/c1-6(11(22)16-5-10(20)21)17-12(23)7(2)18-13(24)8(14)3-4-9(15)19/h6-8H,3-5,14H2,1-2H3,(H2,15,19)(H,16,22)(H,17,23)(H,18,24)(H,20,21). The van der Waals surface area contributed by atoms with E-state index in [2.05, 4.69) is 16.0 Å². The van der Waals surface area contributed by atoms with E-state index in [1.54, 1.807) is 0 Å². The number of aliphatic carboxylic acids is 1. The van der Waals surface area contributed by atoms with Gasteiger partial charge in [-0.15, -0.1) is 0 Å². The fourth-order valence-corrected chi connectivity index (χ4v) is 1.53. The second kappa shape index (κ2) is 10.2. The van der Waals surface area contributed by atoms with Crippen LogP contribution in [0.2, 0.25) is 0 Å². The molecule has 0 fully saturated rings. The number of hydrogen-bond donors (Lipinski definition) is 6. The number of carboxylic acids is 1. The number of carbonyl (C=O) groups is 5. The number of amides is 4. The predicted octanol–water partition coefficient (Wildman–Crippen LogP) is -3.21. The van der Waals surface area contributed by atoms with Gasteiger partial charge in [-0.3, -0.25) is 24.0 Å². The SMILES string of the molecule is CC(NC(=O)C(N)CCC(N)=O)C(=O)NC(C)C(=O)NCC(=O)O. The Morgan fingerprint density at radius 3 is 1.96 bits per heavy atom. The number of hydrogen-bond acceptors (Lipinski definition) is 6. The molecule has 0 aliphatic rings. The molecule has 0 aromatic rings. The molecule has 0 rings (SSSR count). The first-order chi connectivity index (χ1) is 11.0. The monoisotopic (exact) mass is 345 g/mol. The van der Waals surface area contributed by atoms with Gasteiger partial charge >= 0.3 is 5.97 Å². The van der Waals surface area contributed by atoms with Crippen LogP contribution in [0.1, 0.15) is 26.7 Å². The molecule has 136 valence electrons. The first kappa shape index (κ1) is 21.3. The minimum Gasteiger partial charge on any atom is -0.480 e. The molecular weight excluding hydrogens is 322 g/mol. The maximum Gasteiger partial charge on any atom is 0.322 e. The number of rotatable bonds is 10. The highest BCUT2D eigenvalue weighted by molar-refractivity contribution is 5.93. The predicted molar refractivity (Wildman–Crippen MR) is 82.3 cm³/mol. The Morgan fingerprint density at radius 1 is 0.958 bits per heavy atom. The molecular formula is C13H23N5O6. The highest BCUT2D eigenvalue weighted by atomic mass is 16.4. The van der Waals surface area contributed by atoms with E-state index in [1.807, 2.05) is 0 Å². The Bertz CT molecular complexity index is 509. The Kier molecular flexibility index (Phi) is 9.02. The van der Waals surface area contributed by atoms with Crippen molar-refractivity contribution in [3.63, 3.8) is 0 Å². The molecule has 0 spiro atoms. The fourth-order valence-electron chi connectivity index (χ4n) is 1.53. The van der Waals surface area contributed by atoms with Crippen LogP contribution in [-0.2, 0) is 24.0 Å². The summed E-state index contributed by atoms with van der Waals surface area (Å²) in [6.45, 7) is 2.18. The lowest BCUT2D eigenvalue weighted by Gasteiger charge is -2.19. The first-order valence-corrected chi connectivity index (χ1v) is 7.18. The van der Waals surface area contributed by atoms with Crippen molar-refractivity contribution in [1.29, 1.82) is 0 Å². The number of nitrogens with one attached hydrogen (secondary N) is 3. The van der Waals surface area contributed by atoms with Gasteiger partial charge < -0.3 is 32.5 Å². The average molecular weight is 345 g/mol. The van der Waals surface area contributed by atoms with Gasteiger partial charge in [-0.05, 0) is 20.3 Å². The second-order valence-corrected chi connectivity index (χ2v) is 5.18. The Hall–Kier alpha value is -2.69. The molecule has 11 nitrogen and oxygen atoms in total. The van der Waals surface area contributed by atoms with Crippen LogP contribution < -0.4 is 27.4 Å². The minimum atomic E-state index is -1.22. The summed E-state index contributed by atoms with van der Waals surface area (Å²) in [4.78, 5) is 56.2. The molecule has 8 N–H and O–H groups in total. The number of nitrogens with two attached hydrogens (primary N) is 2. The average Bonchev–Trinajstić information content (AvgIpc) is 2.49. The van der Waals surface area contributed by atoms with Crippen LogP contribution in [0.25, 0.3) is 0 Å². The maximum absolute atomic E-state index is 11.9. The number of carbonyl (C=O) groups excluding carboxylic acids is 4. The van der Waals surface area contributed by atoms with Crippen molar-refractivity contribution in [2.75, 3.05) is 6.54 Å². The van der Waals surface area contributed by atoms with E-state index in [0.29, 0.717) is 0 Å². The van der Waals surface area contributed by atoms with Gasteiger partial charge in [0.25, 0.3) is 0 Å². The molecule has 0 aliphatic carbocycles. The van der Waals surface area contributed by atoms with Crippen LogP contribution in [0, 0.1) is 0 Å². The van der Waals surface area contributed by atoms with Crippen LogP contribution in [0.15, 0.2) is 0 Å². The third-order valence-corrected chi connectivity index (χ3v) is 2.96. The summed E-state index contributed by atoms with van der Waals surface area (Å²) in [6, 6.07) is -2.96. The number of carboxylic acid groups (broad SMARTS) is 1. The van der Waals surface area contributed by atoms with Gasteiger partial charge in [0, 0.05) is 6.42 Å². The zero-order chi connectivity index (χ0) is 18.9. The molecule has 0 aromatic carbocycles. The van der Waals surface area contributed by atoms with E-state index in [9.17, 15) is 24.0 Å². The Labute approximate surface area is 138 Å². The van der Waals surface area contributed by atoms with E-state index in [1.165, 1.54) is 13.8 Å². The molecule has 0 radical (unpaired) electrons. The molecule has 11 heteroatoms. The summed E-state index contributed by atoms with van der Waals surface area (Å²) < 4.78 is 0. The van der Waals surface area contributed by atoms with Crippen LogP contribution in [-0.4, -0.2) is 59.4 Å². The zero-order valence-corrected chi connectivity index (χ0v) is 13.5. The van der Waals surface area contributed by atoms with Crippen LogP contribution in [0.5, 0.6) is 0 Å². The molecule has 0 saturated heterocycles. The summed E-state index contributed by atoms with van der Waals surface area (Å²) in [6.07, 6.45) is -0.0144. The van der Waals surface area contributed by atoms with Gasteiger partial charge in [-0.2, -0.15) is 0 Å². The largest absolute Gasteiger partial charge is 0.480 e. The van der Waals surface area contributed by atoms with E-state index < -0.39 is 54.3 Å². The van der Waals surface area contributed by atoms with Gasteiger partial charge in [0.1, 0.15) is 18.6 Å². The summed E-state index contributed by atoms with van der Waals surface area (Å²) in [5.74, 6) is -3.77. The molecule has 3 unspecified atom stereocenters. The maximum atomic E-state index is 11.9.